The summed E-state index contributed by atoms with van der Waals surface area (Å²) in [5.74, 6) is 1.62. The van der Waals surface area contributed by atoms with Crippen molar-refractivity contribution in [2.75, 3.05) is 7.11 Å². The molecule has 27 heavy (non-hydrogen) atoms. The van der Waals surface area contributed by atoms with Crippen LogP contribution in [0.5, 0.6) is 5.75 Å². The van der Waals surface area contributed by atoms with Crippen LogP contribution in [0.3, 0.4) is 0 Å². The van der Waals surface area contributed by atoms with E-state index in [4.69, 9.17) is 4.74 Å². The molecule has 2 aromatic heterocycles. The number of H-pyrrole nitrogens is 1. The van der Waals surface area contributed by atoms with Crippen molar-refractivity contribution in [2.24, 2.45) is 0 Å². The molecule has 4 aromatic rings. The molecule has 2 heterocycles. The second kappa shape index (κ2) is 7.55. The zero-order valence-electron chi connectivity index (χ0n) is 14.7. The van der Waals surface area contributed by atoms with Gasteiger partial charge in [-0.25, -0.2) is 9.97 Å². The number of hydrogen-bond donors (Lipinski definition) is 1. The zero-order chi connectivity index (χ0) is 18.6. The largest absolute Gasteiger partial charge is 0.497 e. The molecule has 6 heteroatoms. The fraction of sp³-hybridized carbons (Fsp3) is 0.0952. The molecule has 0 saturated carbocycles. The van der Waals surface area contributed by atoms with Crippen molar-refractivity contribution in [1.82, 2.24) is 15.0 Å². The Morgan fingerprint density at radius 3 is 2.70 bits per heavy atom. The van der Waals surface area contributed by atoms with Crippen LogP contribution in [0.2, 0.25) is 0 Å². The quantitative estimate of drug-likeness (QED) is 0.499. The summed E-state index contributed by atoms with van der Waals surface area (Å²) >= 11 is 1.43. The average Bonchev–Trinajstić information content (AvgIpc) is 3.41. The Balaban J connectivity index is 1.51. The average molecular weight is 375 g/mol. The Morgan fingerprint density at radius 1 is 1.11 bits per heavy atom. The van der Waals surface area contributed by atoms with Crippen molar-refractivity contribution in [1.29, 1.82) is 0 Å². The van der Waals surface area contributed by atoms with Gasteiger partial charge in [0.2, 0.25) is 0 Å². The molecule has 2 aromatic carbocycles. The first-order valence-corrected chi connectivity index (χ1v) is 9.37. The normalized spacial score (nSPS) is 10.7. The van der Waals surface area contributed by atoms with E-state index in [0.717, 1.165) is 34.0 Å². The van der Waals surface area contributed by atoms with Crippen LogP contribution in [0.4, 0.5) is 0 Å². The van der Waals surface area contributed by atoms with Gasteiger partial charge in [-0.15, -0.1) is 11.3 Å². The molecule has 0 aliphatic rings. The topological polar surface area (TPSA) is 67.9 Å². The van der Waals surface area contributed by atoms with Crippen molar-refractivity contribution >= 4 is 17.1 Å². The van der Waals surface area contributed by atoms with Crippen molar-refractivity contribution in [3.05, 3.63) is 76.9 Å². The molecule has 0 unspecified atom stereocenters. The van der Waals surface area contributed by atoms with Gasteiger partial charge in [0.05, 0.1) is 24.5 Å². The van der Waals surface area contributed by atoms with E-state index >= 15 is 0 Å². The number of ketones is 1. The standard InChI is InChI=1S/C21H17N3O2S/c1-26-17-4-2-3-16(10-17)18-11-22-21(24-18)15-7-5-14(6-8-15)9-20(25)19-12-27-13-23-19/h2-8,10-13H,9H2,1H3,(H,22,24). The SMILES string of the molecule is COc1cccc(-c2cnc(-c3ccc(CC(=O)c4cscn4)cc3)[nH]2)c1. The summed E-state index contributed by atoms with van der Waals surface area (Å²) in [6.45, 7) is 0. The second-order valence-corrected chi connectivity index (χ2v) is 6.77. The molecular weight excluding hydrogens is 358 g/mol. The van der Waals surface area contributed by atoms with Gasteiger partial charge >= 0.3 is 0 Å². The number of carbonyl (C=O) groups excluding carboxylic acids is 1. The second-order valence-electron chi connectivity index (χ2n) is 6.05. The molecule has 5 nitrogen and oxygen atoms in total. The Hall–Kier alpha value is -3.25. The minimum Gasteiger partial charge on any atom is -0.497 e. The van der Waals surface area contributed by atoms with Gasteiger partial charge in [0.25, 0.3) is 0 Å². The molecule has 1 N–H and O–H groups in total. The Morgan fingerprint density at radius 2 is 1.96 bits per heavy atom. The maximum Gasteiger partial charge on any atom is 0.186 e. The summed E-state index contributed by atoms with van der Waals surface area (Å²) in [7, 11) is 1.65. The number of imidazole rings is 1. The number of thiazole rings is 1. The summed E-state index contributed by atoms with van der Waals surface area (Å²) in [6.07, 6.45) is 2.15. The van der Waals surface area contributed by atoms with Crippen LogP contribution in [0.1, 0.15) is 16.1 Å². The van der Waals surface area contributed by atoms with Gasteiger partial charge in [0.15, 0.2) is 5.78 Å². The monoisotopic (exact) mass is 375 g/mol. The molecule has 4 rings (SSSR count). The van der Waals surface area contributed by atoms with E-state index in [2.05, 4.69) is 15.0 Å². The lowest BCUT2D eigenvalue weighted by atomic mass is 10.1. The van der Waals surface area contributed by atoms with Gasteiger partial charge in [-0.1, -0.05) is 36.4 Å². The van der Waals surface area contributed by atoms with E-state index < -0.39 is 0 Å². The molecule has 0 spiro atoms. The van der Waals surface area contributed by atoms with E-state index in [9.17, 15) is 4.79 Å². The van der Waals surface area contributed by atoms with Crippen molar-refractivity contribution in [2.45, 2.75) is 6.42 Å². The van der Waals surface area contributed by atoms with E-state index in [0.29, 0.717) is 12.1 Å². The molecule has 0 atom stereocenters. The van der Waals surface area contributed by atoms with Crippen molar-refractivity contribution in [3.63, 3.8) is 0 Å². The number of carbonyl (C=O) groups is 1. The minimum absolute atomic E-state index is 0.0299. The highest BCUT2D eigenvalue weighted by Crippen LogP contribution is 2.25. The highest BCUT2D eigenvalue weighted by molar-refractivity contribution is 7.07. The fourth-order valence-corrected chi connectivity index (χ4v) is 3.37. The molecule has 0 aliphatic carbocycles. The van der Waals surface area contributed by atoms with Crippen LogP contribution >= 0.6 is 11.3 Å². The first-order valence-electron chi connectivity index (χ1n) is 8.43. The minimum atomic E-state index is 0.0299. The summed E-state index contributed by atoms with van der Waals surface area (Å²) in [5, 5.41) is 1.78. The third-order valence-electron chi connectivity index (χ3n) is 4.27. The number of hydrogen-bond acceptors (Lipinski definition) is 5. The van der Waals surface area contributed by atoms with E-state index in [1.54, 1.807) is 18.0 Å². The molecule has 0 bridgehead atoms. The Bertz CT molecular complexity index is 1050. The lowest BCUT2D eigenvalue weighted by Gasteiger charge is -2.03. The number of methoxy groups -OCH3 is 1. The summed E-state index contributed by atoms with van der Waals surface area (Å²) in [5.41, 5.74) is 6.06. The smallest absolute Gasteiger partial charge is 0.186 e. The van der Waals surface area contributed by atoms with Gasteiger partial charge in [-0.3, -0.25) is 4.79 Å². The van der Waals surface area contributed by atoms with Crippen LogP contribution < -0.4 is 4.74 Å². The number of benzene rings is 2. The number of rotatable bonds is 6. The lowest BCUT2D eigenvalue weighted by molar-refractivity contribution is 0.0989. The number of nitrogens with one attached hydrogen (secondary N) is 1. The maximum atomic E-state index is 12.2. The van der Waals surface area contributed by atoms with Gasteiger partial charge < -0.3 is 9.72 Å². The first kappa shape index (κ1) is 17.2. The van der Waals surface area contributed by atoms with Gasteiger partial charge in [-0.2, -0.15) is 0 Å². The third kappa shape index (κ3) is 3.80. The summed E-state index contributed by atoms with van der Waals surface area (Å²) < 4.78 is 5.27. The number of ether oxygens (including phenoxy) is 1. The van der Waals surface area contributed by atoms with E-state index in [-0.39, 0.29) is 5.78 Å². The van der Waals surface area contributed by atoms with E-state index in [1.165, 1.54) is 11.3 Å². The number of nitrogens with zero attached hydrogens (tertiary/aromatic N) is 2. The molecule has 134 valence electrons. The summed E-state index contributed by atoms with van der Waals surface area (Å²) in [6, 6.07) is 15.7. The number of Topliss-reactive ketones (excluding diaryl/α,β-unsaturated/α-hetero) is 1. The fourth-order valence-electron chi connectivity index (χ4n) is 2.81. The zero-order valence-corrected chi connectivity index (χ0v) is 15.5. The number of aromatic nitrogens is 3. The van der Waals surface area contributed by atoms with Crippen LogP contribution in [0.15, 0.2) is 65.6 Å². The highest BCUT2D eigenvalue weighted by atomic mass is 32.1. The van der Waals surface area contributed by atoms with E-state index in [1.807, 2.05) is 54.7 Å². The lowest BCUT2D eigenvalue weighted by Crippen LogP contribution is -2.03. The molecule has 0 saturated heterocycles. The number of aromatic amines is 1. The molecule has 0 fully saturated rings. The van der Waals surface area contributed by atoms with Gasteiger partial charge in [0.1, 0.15) is 17.3 Å². The van der Waals surface area contributed by atoms with Crippen molar-refractivity contribution < 1.29 is 9.53 Å². The van der Waals surface area contributed by atoms with Crippen LogP contribution in [0, 0.1) is 0 Å². The third-order valence-corrected chi connectivity index (χ3v) is 4.85. The Kier molecular flexibility index (Phi) is 4.80. The molecule has 0 radical (unpaired) electrons. The molecule has 0 aliphatic heterocycles. The maximum absolute atomic E-state index is 12.2. The molecule has 0 amide bonds. The predicted molar refractivity (Wildman–Crippen MR) is 106 cm³/mol. The van der Waals surface area contributed by atoms with Crippen LogP contribution in [-0.2, 0) is 6.42 Å². The predicted octanol–water partition coefficient (Wildman–Crippen LogP) is 4.63. The first-order chi connectivity index (χ1) is 13.2. The van der Waals surface area contributed by atoms with Gasteiger partial charge in [0, 0.05) is 22.9 Å². The summed E-state index contributed by atoms with van der Waals surface area (Å²) in [4.78, 5) is 24.0. The van der Waals surface area contributed by atoms with Gasteiger partial charge in [-0.05, 0) is 17.7 Å². The highest BCUT2D eigenvalue weighted by Gasteiger charge is 2.10. The van der Waals surface area contributed by atoms with Crippen LogP contribution in [0.25, 0.3) is 22.6 Å². The Labute approximate surface area is 160 Å². The molecular formula is C21H17N3O2S. The van der Waals surface area contributed by atoms with Crippen LogP contribution in [-0.4, -0.2) is 27.8 Å². The van der Waals surface area contributed by atoms with Crippen molar-refractivity contribution in [3.8, 4) is 28.4 Å².